The lowest BCUT2D eigenvalue weighted by molar-refractivity contribution is 0.218. The van der Waals surface area contributed by atoms with Crippen LogP contribution >= 0.6 is 15.9 Å². The molecule has 0 spiro atoms. The van der Waals surface area contributed by atoms with Crippen molar-refractivity contribution in [3.05, 3.63) is 51.8 Å². The van der Waals surface area contributed by atoms with E-state index in [0.29, 0.717) is 12.1 Å². The van der Waals surface area contributed by atoms with Crippen LogP contribution < -0.4 is 0 Å². The summed E-state index contributed by atoms with van der Waals surface area (Å²) in [6.45, 7) is 2.59. The molecular formula is C12H11BrF2N2O. The Bertz CT molecular complexity index is 571. The fourth-order valence-electron chi connectivity index (χ4n) is 1.63. The van der Waals surface area contributed by atoms with E-state index in [1.807, 2.05) is 6.92 Å². The molecule has 3 nitrogen and oxygen atoms in total. The highest BCUT2D eigenvalue weighted by Gasteiger charge is 2.19. The average molecular weight is 317 g/mol. The van der Waals surface area contributed by atoms with Gasteiger partial charge in [-0.2, -0.15) is 5.10 Å². The molecule has 1 aromatic heterocycles. The summed E-state index contributed by atoms with van der Waals surface area (Å²) in [6, 6.07) is 2.33. The number of halogens is 3. The largest absolute Gasteiger partial charge is 0.383 e. The molecule has 0 radical (unpaired) electrons. The molecule has 1 N–H and O–H groups in total. The molecule has 1 aromatic carbocycles. The standard InChI is InChI=1S/C12H11BrF2N2O/c1-2-17-6-7(5-16-17)12(18)8-3-4-9(14)11(15)10(8)13/h3-6,12,18H,2H2,1H3. The first-order valence-electron chi connectivity index (χ1n) is 5.38. The minimum Gasteiger partial charge on any atom is -0.383 e. The van der Waals surface area contributed by atoms with E-state index in [2.05, 4.69) is 21.0 Å². The van der Waals surface area contributed by atoms with Crippen molar-refractivity contribution < 1.29 is 13.9 Å². The van der Waals surface area contributed by atoms with E-state index >= 15 is 0 Å². The van der Waals surface area contributed by atoms with Crippen molar-refractivity contribution in [1.29, 1.82) is 0 Å². The van der Waals surface area contributed by atoms with Gasteiger partial charge in [0.1, 0.15) is 6.10 Å². The average Bonchev–Trinajstić information content (AvgIpc) is 2.84. The predicted molar refractivity (Wildman–Crippen MR) is 66.0 cm³/mol. The smallest absolute Gasteiger partial charge is 0.173 e. The highest BCUT2D eigenvalue weighted by molar-refractivity contribution is 9.10. The zero-order valence-corrected chi connectivity index (χ0v) is 11.2. The molecular weight excluding hydrogens is 306 g/mol. The molecule has 96 valence electrons. The van der Waals surface area contributed by atoms with Crippen LogP contribution in [0.2, 0.25) is 0 Å². The van der Waals surface area contributed by atoms with Gasteiger partial charge in [0, 0.05) is 23.9 Å². The van der Waals surface area contributed by atoms with E-state index in [1.165, 1.54) is 12.3 Å². The lowest BCUT2D eigenvalue weighted by Crippen LogP contribution is -2.02. The summed E-state index contributed by atoms with van der Waals surface area (Å²) in [7, 11) is 0. The Balaban J connectivity index is 2.39. The summed E-state index contributed by atoms with van der Waals surface area (Å²) in [4.78, 5) is 0. The fourth-order valence-corrected chi connectivity index (χ4v) is 2.16. The number of benzene rings is 1. The lowest BCUT2D eigenvalue weighted by atomic mass is 10.0. The van der Waals surface area contributed by atoms with Crippen LogP contribution in [0.25, 0.3) is 0 Å². The normalized spacial score (nSPS) is 12.7. The molecule has 0 aliphatic heterocycles. The van der Waals surface area contributed by atoms with Crippen molar-refractivity contribution in [2.45, 2.75) is 19.6 Å². The van der Waals surface area contributed by atoms with Gasteiger partial charge >= 0.3 is 0 Å². The molecule has 0 amide bonds. The van der Waals surface area contributed by atoms with Crippen molar-refractivity contribution in [2.75, 3.05) is 0 Å². The van der Waals surface area contributed by atoms with Crippen LogP contribution in [-0.4, -0.2) is 14.9 Å². The Morgan fingerprint density at radius 3 is 2.78 bits per heavy atom. The van der Waals surface area contributed by atoms with Crippen molar-refractivity contribution in [1.82, 2.24) is 9.78 Å². The fraction of sp³-hybridized carbons (Fsp3) is 0.250. The number of hydrogen-bond acceptors (Lipinski definition) is 2. The lowest BCUT2D eigenvalue weighted by Gasteiger charge is -2.11. The first-order valence-corrected chi connectivity index (χ1v) is 6.17. The predicted octanol–water partition coefficient (Wildman–Crippen LogP) is 3.03. The van der Waals surface area contributed by atoms with Gasteiger partial charge in [-0.25, -0.2) is 8.78 Å². The second kappa shape index (κ2) is 5.16. The van der Waals surface area contributed by atoms with Gasteiger partial charge < -0.3 is 5.11 Å². The number of nitrogens with zero attached hydrogens (tertiary/aromatic N) is 2. The second-order valence-electron chi connectivity index (χ2n) is 3.80. The monoisotopic (exact) mass is 316 g/mol. The molecule has 6 heteroatoms. The van der Waals surface area contributed by atoms with Crippen molar-refractivity contribution >= 4 is 15.9 Å². The molecule has 0 saturated carbocycles. The third-order valence-corrected chi connectivity index (χ3v) is 3.46. The topological polar surface area (TPSA) is 38.0 Å². The molecule has 18 heavy (non-hydrogen) atoms. The summed E-state index contributed by atoms with van der Waals surface area (Å²) >= 11 is 2.95. The number of rotatable bonds is 3. The van der Waals surface area contributed by atoms with Gasteiger partial charge in [-0.3, -0.25) is 4.68 Å². The summed E-state index contributed by atoms with van der Waals surface area (Å²) in [6.07, 6.45) is 2.12. The van der Waals surface area contributed by atoms with Crippen LogP contribution in [-0.2, 0) is 6.54 Å². The molecule has 0 bridgehead atoms. The maximum absolute atomic E-state index is 13.4. The first kappa shape index (κ1) is 13.2. The number of aromatic nitrogens is 2. The maximum Gasteiger partial charge on any atom is 0.173 e. The Labute approximate surface area is 111 Å². The van der Waals surface area contributed by atoms with E-state index in [1.54, 1.807) is 10.9 Å². The molecule has 0 fully saturated rings. The number of aliphatic hydroxyl groups excluding tert-OH is 1. The van der Waals surface area contributed by atoms with Gasteiger partial charge in [0.05, 0.1) is 10.7 Å². The minimum absolute atomic E-state index is 0.0701. The Morgan fingerprint density at radius 2 is 2.17 bits per heavy atom. The highest BCUT2D eigenvalue weighted by Crippen LogP contribution is 2.31. The highest BCUT2D eigenvalue weighted by atomic mass is 79.9. The van der Waals surface area contributed by atoms with Crippen LogP contribution in [0.3, 0.4) is 0 Å². The van der Waals surface area contributed by atoms with E-state index in [9.17, 15) is 13.9 Å². The summed E-state index contributed by atoms with van der Waals surface area (Å²) in [5, 5.41) is 14.1. The molecule has 1 unspecified atom stereocenters. The zero-order valence-electron chi connectivity index (χ0n) is 9.57. The molecule has 0 aliphatic rings. The second-order valence-corrected chi connectivity index (χ2v) is 4.59. The van der Waals surface area contributed by atoms with Gasteiger partial charge in [-0.05, 0) is 28.9 Å². The Kier molecular flexibility index (Phi) is 3.77. The summed E-state index contributed by atoms with van der Waals surface area (Å²) in [5.74, 6) is -1.96. The minimum atomic E-state index is -1.05. The van der Waals surface area contributed by atoms with Crippen LogP contribution in [0.15, 0.2) is 29.0 Å². The number of aryl methyl sites for hydroxylation is 1. The molecule has 0 aliphatic carbocycles. The summed E-state index contributed by atoms with van der Waals surface area (Å²) in [5.41, 5.74) is 0.799. The molecule has 2 aromatic rings. The van der Waals surface area contributed by atoms with E-state index in [0.717, 1.165) is 6.07 Å². The first-order chi connectivity index (χ1) is 8.54. The van der Waals surface area contributed by atoms with Crippen molar-refractivity contribution in [3.63, 3.8) is 0 Å². The van der Waals surface area contributed by atoms with Crippen LogP contribution in [0.5, 0.6) is 0 Å². The molecule has 1 atom stereocenters. The van der Waals surface area contributed by atoms with E-state index in [-0.39, 0.29) is 10.0 Å². The summed E-state index contributed by atoms with van der Waals surface area (Å²) < 4.78 is 27.9. The Morgan fingerprint density at radius 1 is 1.44 bits per heavy atom. The molecule has 2 rings (SSSR count). The van der Waals surface area contributed by atoms with Gasteiger partial charge in [0.15, 0.2) is 11.6 Å². The third kappa shape index (κ3) is 2.30. The van der Waals surface area contributed by atoms with Gasteiger partial charge in [-0.15, -0.1) is 0 Å². The maximum atomic E-state index is 13.4. The van der Waals surface area contributed by atoms with E-state index < -0.39 is 17.7 Å². The van der Waals surface area contributed by atoms with E-state index in [4.69, 9.17) is 0 Å². The number of aliphatic hydroxyl groups is 1. The SMILES string of the molecule is CCn1cc(C(O)c2ccc(F)c(F)c2Br)cn1. The zero-order chi connectivity index (χ0) is 13.3. The third-order valence-electron chi connectivity index (χ3n) is 2.65. The Hall–Kier alpha value is -1.27. The quantitative estimate of drug-likeness (QED) is 0.884. The van der Waals surface area contributed by atoms with Crippen molar-refractivity contribution in [2.24, 2.45) is 0 Å². The van der Waals surface area contributed by atoms with Crippen LogP contribution in [0.4, 0.5) is 8.78 Å². The number of hydrogen-bond donors (Lipinski definition) is 1. The van der Waals surface area contributed by atoms with Crippen LogP contribution in [0, 0.1) is 11.6 Å². The molecule has 0 saturated heterocycles. The van der Waals surface area contributed by atoms with Crippen LogP contribution in [0.1, 0.15) is 24.2 Å². The van der Waals surface area contributed by atoms with Gasteiger partial charge in [-0.1, -0.05) is 6.07 Å². The van der Waals surface area contributed by atoms with Gasteiger partial charge in [0.2, 0.25) is 0 Å². The molecule has 1 heterocycles. The van der Waals surface area contributed by atoms with Gasteiger partial charge in [0.25, 0.3) is 0 Å². The van der Waals surface area contributed by atoms with Crippen molar-refractivity contribution in [3.8, 4) is 0 Å².